The van der Waals surface area contributed by atoms with Gasteiger partial charge in [-0.05, 0) is 55.2 Å². The van der Waals surface area contributed by atoms with Gasteiger partial charge in [-0.1, -0.05) is 13.3 Å². The summed E-state index contributed by atoms with van der Waals surface area (Å²) in [5.41, 5.74) is -0.462. The maximum absolute atomic E-state index is 14.1. The van der Waals surface area contributed by atoms with E-state index < -0.39 is 34.9 Å². The Labute approximate surface area is 141 Å². The van der Waals surface area contributed by atoms with Crippen molar-refractivity contribution in [3.63, 3.8) is 0 Å². The average Bonchev–Trinajstić information content (AvgIpc) is 2.56. The van der Waals surface area contributed by atoms with Gasteiger partial charge in [0.15, 0.2) is 17.5 Å². The quantitative estimate of drug-likeness (QED) is 0.421. The first kappa shape index (κ1) is 19.1. The number of unbranched alkanes of at least 4 members (excludes halogenated alkanes) is 1. The van der Waals surface area contributed by atoms with Crippen LogP contribution in [0.5, 0.6) is 0 Å². The molecule has 0 bridgehead atoms. The van der Waals surface area contributed by atoms with Gasteiger partial charge in [0.25, 0.3) is 0 Å². The van der Waals surface area contributed by atoms with Crippen LogP contribution in [0.3, 0.4) is 0 Å². The van der Waals surface area contributed by atoms with Crippen molar-refractivity contribution in [1.29, 1.82) is 0 Å². The molecule has 0 saturated carbocycles. The number of aryl methyl sites for hydroxylation is 1. The summed E-state index contributed by atoms with van der Waals surface area (Å²) in [5.74, 6) is -6.94. The number of rotatable bonds is 6. The van der Waals surface area contributed by atoms with E-state index in [1.807, 2.05) is 6.92 Å². The Morgan fingerprint density at radius 3 is 1.92 bits per heavy atom. The van der Waals surface area contributed by atoms with E-state index in [2.05, 4.69) is 0 Å². The molecule has 0 unspecified atom stereocenters. The molecule has 0 aliphatic carbocycles. The van der Waals surface area contributed by atoms with Gasteiger partial charge in [-0.2, -0.15) is 0 Å². The highest BCUT2D eigenvalue weighted by molar-refractivity contribution is 5.59. The van der Waals surface area contributed by atoms with Crippen molar-refractivity contribution in [3.05, 3.63) is 76.1 Å². The van der Waals surface area contributed by atoms with E-state index in [9.17, 15) is 26.3 Å². The molecule has 2 aromatic carbocycles. The molecule has 134 valence electrons. The van der Waals surface area contributed by atoms with E-state index in [1.54, 1.807) is 0 Å². The summed E-state index contributed by atoms with van der Waals surface area (Å²) in [5, 5.41) is 0. The summed E-state index contributed by atoms with van der Waals surface area (Å²) in [7, 11) is 0. The number of allylic oxidation sites excluding steroid dienone is 1. The minimum absolute atomic E-state index is 0.0632. The lowest BCUT2D eigenvalue weighted by molar-refractivity contribution is 0.445. The fourth-order valence-corrected chi connectivity index (χ4v) is 2.39. The number of halogens is 6. The molecule has 25 heavy (non-hydrogen) atoms. The lowest BCUT2D eigenvalue weighted by Gasteiger charge is -2.08. The third kappa shape index (κ3) is 4.65. The van der Waals surface area contributed by atoms with Crippen molar-refractivity contribution in [2.75, 3.05) is 0 Å². The molecule has 2 rings (SSSR count). The molecular weight excluding hydrogens is 342 g/mol. The van der Waals surface area contributed by atoms with Crippen LogP contribution < -0.4 is 0 Å². The summed E-state index contributed by atoms with van der Waals surface area (Å²) in [6.45, 7) is 1.84. The molecule has 0 fully saturated rings. The van der Waals surface area contributed by atoms with Gasteiger partial charge in [-0.25, -0.2) is 26.3 Å². The van der Waals surface area contributed by atoms with Crippen molar-refractivity contribution < 1.29 is 26.3 Å². The van der Waals surface area contributed by atoms with E-state index >= 15 is 0 Å². The van der Waals surface area contributed by atoms with Crippen LogP contribution in [-0.4, -0.2) is 0 Å². The Hall–Kier alpha value is -2.24. The standard InChI is InChI=1S/C19H16F6/c1-2-3-4-14(20)12-9-15(21)13(16(22)10-12)6-5-11-7-17(23)19(25)18(24)8-11/h4,7-10H,2-3,5-6H2,1H3. The molecular formula is C19H16F6. The molecule has 0 atom stereocenters. The van der Waals surface area contributed by atoms with Crippen LogP contribution in [0.4, 0.5) is 26.3 Å². The average molecular weight is 358 g/mol. The monoisotopic (exact) mass is 358 g/mol. The van der Waals surface area contributed by atoms with Gasteiger partial charge in [0, 0.05) is 11.1 Å². The fourth-order valence-electron chi connectivity index (χ4n) is 2.39. The van der Waals surface area contributed by atoms with Crippen LogP contribution in [0.15, 0.2) is 30.3 Å². The molecule has 0 saturated heterocycles. The largest absolute Gasteiger partial charge is 0.207 e. The maximum Gasteiger partial charge on any atom is 0.194 e. The normalized spacial score (nSPS) is 11.9. The van der Waals surface area contributed by atoms with Crippen molar-refractivity contribution >= 4 is 5.83 Å². The van der Waals surface area contributed by atoms with Crippen LogP contribution in [0.2, 0.25) is 0 Å². The second-order valence-electron chi connectivity index (χ2n) is 5.63. The zero-order valence-corrected chi connectivity index (χ0v) is 13.5. The lowest BCUT2D eigenvalue weighted by atomic mass is 10.0. The van der Waals surface area contributed by atoms with Crippen LogP contribution in [0.25, 0.3) is 5.83 Å². The SMILES string of the molecule is CCCC=C(F)c1cc(F)c(CCc2cc(F)c(F)c(F)c2)c(F)c1. The summed E-state index contributed by atoms with van der Waals surface area (Å²) in [6, 6.07) is 3.31. The predicted molar refractivity (Wildman–Crippen MR) is 84.1 cm³/mol. The fraction of sp³-hybridized carbons (Fsp3) is 0.263. The van der Waals surface area contributed by atoms with Crippen LogP contribution in [-0.2, 0) is 12.8 Å². The second kappa shape index (κ2) is 8.23. The first-order valence-corrected chi connectivity index (χ1v) is 7.80. The Kier molecular flexibility index (Phi) is 6.28. The highest BCUT2D eigenvalue weighted by atomic mass is 19.2. The van der Waals surface area contributed by atoms with Gasteiger partial charge in [0.05, 0.1) is 0 Å². The van der Waals surface area contributed by atoms with Gasteiger partial charge in [-0.15, -0.1) is 0 Å². The highest BCUT2D eigenvalue weighted by Gasteiger charge is 2.15. The van der Waals surface area contributed by atoms with Crippen LogP contribution >= 0.6 is 0 Å². The molecule has 0 spiro atoms. The summed E-state index contributed by atoms with van der Waals surface area (Å²) in [6.07, 6.45) is 2.08. The molecule has 0 nitrogen and oxygen atoms in total. The van der Waals surface area contributed by atoms with Crippen molar-refractivity contribution in [2.24, 2.45) is 0 Å². The zero-order chi connectivity index (χ0) is 18.6. The van der Waals surface area contributed by atoms with E-state index in [0.717, 1.165) is 24.3 Å². The first-order chi connectivity index (χ1) is 11.8. The van der Waals surface area contributed by atoms with Crippen molar-refractivity contribution in [1.82, 2.24) is 0 Å². The highest BCUT2D eigenvalue weighted by Crippen LogP contribution is 2.24. The minimum Gasteiger partial charge on any atom is -0.207 e. The Morgan fingerprint density at radius 1 is 0.840 bits per heavy atom. The summed E-state index contributed by atoms with van der Waals surface area (Å²) < 4.78 is 81.2. The second-order valence-corrected chi connectivity index (χ2v) is 5.63. The predicted octanol–water partition coefficient (Wildman–Crippen LogP) is 6.28. The molecule has 0 aromatic heterocycles. The first-order valence-electron chi connectivity index (χ1n) is 7.80. The molecule has 0 heterocycles. The number of hydrogen-bond donors (Lipinski definition) is 0. The molecule has 6 heteroatoms. The molecule has 0 aliphatic heterocycles. The number of benzene rings is 2. The van der Waals surface area contributed by atoms with Gasteiger partial charge in [-0.3, -0.25) is 0 Å². The van der Waals surface area contributed by atoms with Crippen LogP contribution in [0, 0.1) is 29.1 Å². The molecule has 0 aliphatic rings. The van der Waals surface area contributed by atoms with E-state index in [1.165, 1.54) is 6.08 Å². The Balaban J connectivity index is 2.21. The third-order valence-corrected chi connectivity index (χ3v) is 3.74. The van der Waals surface area contributed by atoms with E-state index in [0.29, 0.717) is 12.8 Å². The molecule has 2 aromatic rings. The smallest absolute Gasteiger partial charge is 0.194 e. The van der Waals surface area contributed by atoms with Crippen molar-refractivity contribution in [2.45, 2.75) is 32.6 Å². The van der Waals surface area contributed by atoms with Crippen LogP contribution in [0.1, 0.15) is 36.5 Å². The zero-order valence-electron chi connectivity index (χ0n) is 13.5. The van der Waals surface area contributed by atoms with E-state index in [-0.39, 0.29) is 29.5 Å². The lowest BCUT2D eigenvalue weighted by Crippen LogP contribution is -2.02. The Morgan fingerprint density at radius 2 is 1.40 bits per heavy atom. The molecule has 0 radical (unpaired) electrons. The molecule has 0 N–H and O–H groups in total. The summed E-state index contributed by atoms with van der Waals surface area (Å²) in [4.78, 5) is 0. The van der Waals surface area contributed by atoms with Crippen molar-refractivity contribution in [3.8, 4) is 0 Å². The topological polar surface area (TPSA) is 0 Å². The van der Waals surface area contributed by atoms with Gasteiger partial charge < -0.3 is 0 Å². The summed E-state index contributed by atoms with van der Waals surface area (Å²) >= 11 is 0. The minimum atomic E-state index is -1.60. The third-order valence-electron chi connectivity index (χ3n) is 3.74. The maximum atomic E-state index is 14.1. The van der Waals surface area contributed by atoms with E-state index in [4.69, 9.17) is 0 Å². The molecule has 0 amide bonds. The number of hydrogen-bond acceptors (Lipinski definition) is 0. The van der Waals surface area contributed by atoms with Gasteiger partial charge in [0.1, 0.15) is 17.5 Å². The van der Waals surface area contributed by atoms with Gasteiger partial charge >= 0.3 is 0 Å². The van der Waals surface area contributed by atoms with Gasteiger partial charge in [0.2, 0.25) is 0 Å². The Bertz CT molecular complexity index is 748.